The summed E-state index contributed by atoms with van der Waals surface area (Å²) in [6, 6.07) is 0.547. The van der Waals surface area contributed by atoms with E-state index in [1.165, 1.54) is 19.3 Å². The molecule has 0 saturated heterocycles. The van der Waals surface area contributed by atoms with E-state index in [1.807, 2.05) is 0 Å². The number of fused-ring (bicyclic) bond motifs is 1. The average Bonchev–Trinajstić information content (AvgIpc) is 2.79. The number of H-pyrrole nitrogens is 1. The van der Waals surface area contributed by atoms with Gasteiger partial charge in [-0.25, -0.2) is 4.98 Å². The van der Waals surface area contributed by atoms with Gasteiger partial charge in [-0.05, 0) is 25.7 Å². The Morgan fingerprint density at radius 1 is 1.39 bits per heavy atom. The standard InChI is InChI=1S/C12H18N6/c1-2-6-13-12-17-10-9(14-7-15-10)11(18-12)16-8-4-3-5-8/h7-8H,2-6H2,1H3,(H3,13,14,15,16,17,18). The minimum Gasteiger partial charge on any atom is -0.365 e. The third-order valence-electron chi connectivity index (χ3n) is 3.26. The first-order valence-corrected chi connectivity index (χ1v) is 6.58. The molecule has 18 heavy (non-hydrogen) atoms. The smallest absolute Gasteiger partial charge is 0.226 e. The molecule has 1 aliphatic rings. The van der Waals surface area contributed by atoms with Crippen LogP contribution in [0.1, 0.15) is 32.6 Å². The minimum atomic E-state index is 0.547. The van der Waals surface area contributed by atoms with E-state index >= 15 is 0 Å². The van der Waals surface area contributed by atoms with Crippen LogP contribution < -0.4 is 10.6 Å². The molecule has 6 nitrogen and oxygen atoms in total. The predicted octanol–water partition coefficient (Wildman–Crippen LogP) is 2.14. The van der Waals surface area contributed by atoms with Crippen LogP contribution in [-0.2, 0) is 0 Å². The lowest BCUT2D eigenvalue weighted by molar-refractivity contribution is 0.445. The maximum atomic E-state index is 4.53. The Labute approximate surface area is 106 Å². The number of nitrogens with one attached hydrogen (secondary N) is 3. The van der Waals surface area contributed by atoms with Crippen molar-refractivity contribution in [3.8, 4) is 0 Å². The van der Waals surface area contributed by atoms with Crippen LogP contribution in [0.2, 0.25) is 0 Å². The van der Waals surface area contributed by atoms with Gasteiger partial charge < -0.3 is 15.6 Å². The molecule has 96 valence electrons. The second-order valence-electron chi connectivity index (χ2n) is 4.70. The second kappa shape index (κ2) is 4.80. The molecule has 0 aliphatic heterocycles. The molecule has 0 atom stereocenters. The first-order chi connectivity index (χ1) is 8.86. The molecule has 1 fully saturated rings. The van der Waals surface area contributed by atoms with E-state index < -0.39 is 0 Å². The molecular formula is C12H18N6. The molecule has 3 rings (SSSR count). The molecule has 2 aromatic heterocycles. The summed E-state index contributed by atoms with van der Waals surface area (Å²) < 4.78 is 0. The molecule has 2 heterocycles. The number of hydrogen-bond donors (Lipinski definition) is 3. The Morgan fingerprint density at radius 3 is 3.00 bits per heavy atom. The van der Waals surface area contributed by atoms with Gasteiger partial charge in [-0.15, -0.1) is 0 Å². The van der Waals surface area contributed by atoms with Gasteiger partial charge in [0.25, 0.3) is 0 Å². The van der Waals surface area contributed by atoms with Gasteiger partial charge in [0, 0.05) is 12.6 Å². The van der Waals surface area contributed by atoms with Gasteiger partial charge in [0.15, 0.2) is 11.5 Å². The van der Waals surface area contributed by atoms with Crippen LogP contribution in [0.4, 0.5) is 11.8 Å². The number of imidazole rings is 1. The Kier molecular flexibility index (Phi) is 3.00. The van der Waals surface area contributed by atoms with Crippen molar-refractivity contribution in [1.29, 1.82) is 0 Å². The van der Waals surface area contributed by atoms with Crippen molar-refractivity contribution in [2.45, 2.75) is 38.6 Å². The van der Waals surface area contributed by atoms with Crippen molar-refractivity contribution in [2.24, 2.45) is 0 Å². The molecule has 0 unspecified atom stereocenters. The normalized spacial score (nSPS) is 15.6. The number of nitrogens with zero attached hydrogens (tertiary/aromatic N) is 3. The fourth-order valence-electron chi connectivity index (χ4n) is 2.00. The Hall–Kier alpha value is -1.85. The van der Waals surface area contributed by atoms with E-state index in [4.69, 9.17) is 0 Å². The van der Waals surface area contributed by atoms with Crippen LogP contribution in [0.25, 0.3) is 11.2 Å². The van der Waals surface area contributed by atoms with Gasteiger partial charge in [0.05, 0.1) is 6.33 Å². The summed E-state index contributed by atoms with van der Waals surface area (Å²) in [4.78, 5) is 16.2. The summed E-state index contributed by atoms with van der Waals surface area (Å²) in [6.45, 7) is 2.99. The van der Waals surface area contributed by atoms with Gasteiger partial charge in [-0.1, -0.05) is 6.92 Å². The average molecular weight is 246 g/mol. The van der Waals surface area contributed by atoms with E-state index in [1.54, 1.807) is 6.33 Å². The van der Waals surface area contributed by atoms with Crippen molar-refractivity contribution < 1.29 is 0 Å². The topological polar surface area (TPSA) is 78.5 Å². The van der Waals surface area contributed by atoms with Crippen LogP contribution in [-0.4, -0.2) is 32.5 Å². The summed E-state index contributed by atoms with van der Waals surface area (Å²) in [6.07, 6.45) is 6.45. The molecule has 0 aromatic carbocycles. The van der Waals surface area contributed by atoms with Crippen molar-refractivity contribution >= 4 is 22.9 Å². The highest BCUT2D eigenvalue weighted by Crippen LogP contribution is 2.26. The van der Waals surface area contributed by atoms with E-state index in [0.29, 0.717) is 17.6 Å². The highest BCUT2D eigenvalue weighted by Gasteiger charge is 2.19. The largest absolute Gasteiger partial charge is 0.365 e. The number of hydrogen-bond acceptors (Lipinski definition) is 5. The van der Waals surface area contributed by atoms with E-state index in [9.17, 15) is 0 Å². The van der Waals surface area contributed by atoms with Gasteiger partial charge in [-0.2, -0.15) is 9.97 Å². The van der Waals surface area contributed by atoms with Crippen LogP contribution >= 0.6 is 0 Å². The Bertz CT molecular complexity index is 530. The van der Waals surface area contributed by atoms with Gasteiger partial charge in [0.1, 0.15) is 5.52 Å². The van der Waals surface area contributed by atoms with Gasteiger partial charge in [-0.3, -0.25) is 0 Å². The number of rotatable bonds is 5. The summed E-state index contributed by atoms with van der Waals surface area (Å²) >= 11 is 0. The highest BCUT2D eigenvalue weighted by molar-refractivity contribution is 5.83. The number of aromatic nitrogens is 4. The third kappa shape index (κ3) is 2.10. The van der Waals surface area contributed by atoms with Crippen molar-refractivity contribution in [2.75, 3.05) is 17.2 Å². The minimum absolute atomic E-state index is 0.547. The summed E-state index contributed by atoms with van der Waals surface area (Å²) in [7, 11) is 0. The lowest BCUT2D eigenvalue weighted by atomic mass is 9.93. The van der Waals surface area contributed by atoms with Crippen molar-refractivity contribution in [3.63, 3.8) is 0 Å². The molecule has 6 heteroatoms. The molecule has 0 radical (unpaired) electrons. The second-order valence-corrected chi connectivity index (χ2v) is 4.70. The number of anilines is 2. The van der Waals surface area contributed by atoms with Crippen LogP contribution in [0.3, 0.4) is 0 Å². The summed E-state index contributed by atoms with van der Waals surface area (Å²) in [5, 5.41) is 6.67. The van der Waals surface area contributed by atoms with E-state index in [2.05, 4.69) is 37.5 Å². The van der Waals surface area contributed by atoms with Crippen molar-refractivity contribution in [1.82, 2.24) is 19.9 Å². The maximum Gasteiger partial charge on any atom is 0.226 e. The number of aromatic amines is 1. The van der Waals surface area contributed by atoms with Gasteiger partial charge in [0.2, 0.25) is 5.95 Å². The monoisotopic (exact) mass is 246 g/mol. The first-order valence-electron chi connectivity index (χ1n) is 6.58. The molecule has 0 bridgehead atoms. The zero-order valence-electron chi connectivity index (χ0n) is 10.5. The first kappa shape index (κ1) is 11.3. The Balaban J connectivity index is 1.89. The molecule has 3 N–H and O–H groups in total. The zero-order valence-corrected chi connectivity index (χ0v) is 10.5. The summed E-state index contributed by atoms with van der Waals surface area (Å²) in [5.41, 5.74) is 1.61. The molecule has 2 aromatic rings. The molecule has 0 spiro atoms. The summed E-state index contributed by atoms with van der Waals surface area (Å²) in [5.74, 6) is 1.51. The fourth-order valence-corrected chi connectivity index (χ4v) is 2.00. The molecule has 1 aliphatic carbocycles. The molecular weight excluding hydrogens is 228 g/mol. The SMILES string of the molecule is CCCNc1nc(NC2CCC2)c2[nH]cnc2n1. The maximum absolute atomic E-state index is 4.53. The van der Waals surface area contributed by atoms with Crippen LogP contribution in [0, 0.1) is 0 Å². The highest BCUT2D eigenvalue weighted by atomic mass is 15.2. The molecule has 1 saturated carbocycles. The lowest BCUT2D eigenvalue weighted by Crippen LogP contribution is -2.27. The zero-order chi connectivity index (χ0) is 12.4. The Morgan fingerprint density at radius 2 is 2.28 bits per heavy atom. The third-order valence-corrected chi connectivity index (χ3v) is 3.26. The molecule has 0 amide bonds. The van der Waals surface area contributed by atoms with Crippen LogP contribution in [0.5, 0.6) is 0 Å². The lowest BCUT2D eigenvalue weighted by Gasteiger charge is -2.27. The quantitative estimate of drug-likeness (QED) is 0.753. The van der Waals surface area contributed by atoms with Crippen molar-refractivity contribution in [3.05, 3.63) is 6.33 Å². The van der Waals surface area contributed by atoms with Crippen LogP contribution in [0.15, 0.2) is 6.33 Å². The fraction of sp³-hybridized carbons (Fsp3) is 0.583. The van der Waals surface area contributed by atoms with E-state index in [-0.39, 0.29) is 0 Å². The predicted molar refractivity (Wildman–Crippen MR) is 71.7 cm³/mol. The van der Waals surface area contributed by atoms with E-state index in [0.717, 1.165) is 24.3 Å². The van der Waals surface area contributed by atoms with Gasteiger partial charge >= 0.3 is 0 Å².